The molecule has 3 rings (SSSR count). The van der Waals surface area contributed by atoms with Gasteiger partial charge in [-0.2, -0.15) is 0 Å². The second-order valence-corrected chi connectivity index (χ2v) is 6.70. The molecule has 0 saturated carbocycles. The lowest BCUT2D eigenvalue weighted by Gasteiger charge is -2.23. The highest BCUT2D eigenvalue weighted by Crippen LogP contribution is 2.39. The van der Waals surface area contributed by atoms with E-state index in [1.165, 1.54) is 5.56 Å². The first kappa shape index (κ1) is 14.0. The summed E-state index contributed by atoms with van der Waals surface area (Å²) in [6.07, 6.45) is 5.71. The fraction of sp³-hybridized carbons (Fsp3) is 0.600. The molecule has 108 valence electrons. The molecule has 2 atom stereocenters. The Kier molecular flexibility index (Phi) is 3.58. The van der Waals surface area contributed by atoms with Gasteiger partial charge in [-0.3, -0.25) is 15.1 Å². The highest BCUT2D eigenvalue weighted by atomic mass is 79.9. The number of nitrogens with zero attached hydrogens (tertiary/aromatic N) is 2. The van der Waals surface area contributed by atoms with E-state index in [1.807, 2.05) is 18.1 Å². The molecule has 0 aliphatic carbocycles. The average Bonchev–Trinajstić information content (AvgIpc) is 3.00. The van der Waals surface area contributed by atoms with Crippen molar-refractivity contribution in [2.75, 3.05) is 13.6 Å². The molecule has 1 N–H and O–H groups in total. The predicted molar refractivity (Wildman–Crippen MR) is 81.4 cm³/mol. The first-order valence-corrected chi connectivity index (χ1v) is 8.02. The largest absolute Gasteiger partial charge is 0.344 e. The SMILES string of the molecule is CCc1cnc([C@@H]2CC[C@]3(CCN(C)C3=O)N2)cc1Br. The van der Waals surface area contributed by atoms with E-state index in [9.17, 15) is 4.79 Å². The molecular weight excluding hydrogens is 318 g/mol. The van der Waals surface area contributed by atoms with Gasteiger partial charge >= 0.3 is 0 Å². The number of hydrogen-bond acceptors (Lipinski definition) is 3. The zero-order valence-corrected chi connectivity index (χ0v) is 13.5. The molecule has 1 amide bonds. The van der Waals surface area contributed by atoms with Crippen LogP contribution in [0.3, 0.4) is 0 Å². The third kappa shape index (κ3) is 2.17. The van der Waals surface area contributed by atoms with Crippen molar-refractivity contribution in [2.45, 2.75) is 44.2 Å². The van der Waals surface area contributed by atoms with Crippen molar-refractivity contribution in [3.63, 3.8) is 0 Å². The fourth-order valence-corrected chi connectivity index (χ4v) is 3.93. The molecule has 0 unspecified atom stereocenters. The van der Waals surface area contributed by atoms with Gasteiger partial charge < -0.3 is 4.90 Å². The number of amides is 1. The topological polar surface area (TPSA) is 45.2 Å². The molecule has 0 bridgehead atoms. The van der Waals surface area contributed by atoms with Gasteiger partial charge in [0.15, 0.2) is 0 Å². The van der Waals surface area contributed by atoms with E-state index < -0.39 is 0 Å². The van der Waals surface area contributed by atoms with Crippen LogP contribution in [0.1, 0.15) is 43.5 Å². The van der Waals surface area contributed by atoms with Crippen molar-refractivity contribution in [1.82, 2.24) is 15.2 Å². The Bertz CT molecular complexity index is 548. The summed E-state index contributed by atoms with van der Waals surface area (Å²) in [6, 6.07) is 2.28. The molecule has 2 aliphatic rings. The van der Waals surface area contributed by atoms with Crippen LogP contribution >= 0.6 is 15.9 Å². The first-order chi connectivity index (χ1) is 9.55. The zero-order chi connectivity index (χ0) is 14.3. The molecule has 2 saturated heterocycles. The van der Waals surface area contributed by atoms with E-state index in [2.05, 4.69) is 39.2 Å². The van der Waals surface area contributed by atoms with Gasteiger partial charge in [-0.15, -0.1) is 0 Å². The average molecular weight is 338 g/mol. The van der Waals surface area contributed by atoms with E-state index in [0.29, 0.717) is 0 Å². The molecule has 0 radical (unpaired) electrons. The molecular formula is C15H20BrN3O. The summed E-state index contributed by atoms with van der Waals surface area (Å²) >= 11 is 3.61. The monoisotopic (exact) mass is 337 g/mol. The Labute approximate surface area is 128 Å². The van der Waals surface area contributed by atoms with Gasteiger partial charge in [0.05, 0.1) is 11.7 Å². The van der Waals surface area contributed by atoms with E-state index in [-0.39, 0.29) is 17.5 Å². The lowest BCUT2D eigenvalue weighted by atomic mass is 9.96. The number of hydrogen-bond donors (Lipinski definition) is 1. The summed E-state index contributed by atoms with van der Waals surface area (Å²) in [7, 11) is 1.89. The number of likely N-dealkylation sites (tertiary alicyclic amines) is 1. The summed E-state index contributed by atoms with van der Waals surface area (Å²) in [5.41, 5.74) is 1.92. The molecule has 1 spiro atoms. The summed E-state index contributed by atoms with van der Waals surface area (Å²) in [5.74, 6) is 0.240. The van der Waals surface area contributed by atoms with Crippen molar-refractivity contribution in [3.05, 3.63) is 28.0 Å². The van der Waals surface area contributed by atoms with Crippen LogP contribution < -0.4 is 5.32 Å². The van der Waals surface area contributed by atoms with Crippen LogP contribution in [0.4, 0.5) is 0 Å². The number of carbonyl (C=O) groups is 1. The van der Waals surface area contributed by atoms with Gasteiger partial charge in [0.25, 0.3) is 0 Å². The van der Waals surface area contributed by atoms with Crippen LogP contribution in [-0.2, 0) is 11.2 Å². The van der Waals surface area contributed by atoms with Crippen LogP contribution in [0.2, 0.25) is 0 Å². The summed E-state index contributed by atoms with van der Waals surface area (Å²) < 4.78 is 1.11. The maximum Gasteiger partial charge on any atom is 0.242 e. The number of aromatic nitrogens is 1. The third-order valence-corrected chi connectivity index (χ3v) is 5.37. The van der Waals surface area contributed by atoms with Gasteiger partial charge in [0, 0.05) is 24.3 Å². The summed E-state index contributed by atoms with van der Waals surface area (Å²) in [6.45, 7) is 2.97. The number of nitrogens with one attached hydrogen (secondary N) is 1. The van der Waals surface area contributed by atoms with E-state index in [4.69, 9.17) is 0 Å². The minimum atomic E-state index is -0.336. The normalized spacial score (nSPS) is 29.6. The number of rotatable bonds is 2. The van der Waals surface area contributed by atoms with Crippen LogP contribution in [0, 0.1) is 0 Å². The van der Waals surface area contributed by atoms with E-state index >= 15 is 0 Å². The number of likely N-dealkylation sites (N-methyl/N-ethyl adjacent to an activating group) is 1. The molecule has 20 heavy (non-hydrogen) atoms. The molecule has 3 heterocycles. The maximum atomic E-state index is 12.3. The third-order valence-electron chi connectivity index (χ3n) is 4.63. The molecule has 2 fully saturated rings. The molecule has 1 aromatic heterocycles. The number of halogens is 1. The lowest BCUT2D eigenvalue weighted by Crippen LogP contribution is -2.47. The standard InChI is InChI=1S/C15H20BrN3O/c1-3-10-9-17-13(8-11(10)16)12-4-5-15(18-12)6-7-19(2)14(15)20/h8-9,12,18H,3-7H2,1-2H3/t12-,15+/m0/s1. The van der Waals surface area contributed by atoms with Crippen molar-refractivity contribution in [1.29, 1.82) is 0 Å². The van der Waals surface area contributed by atoms with E-state index in [1.54, 1.807) is 0 Å². The van der Waals surface area contributed by atoms with Crippen molar-refractivity contribution >= 4 is 21.8 Å². The van der Waals surface area contributed by atoms with E-state index in [0.717, 1.165) is 42.4 Å². The Balaban J connectivity index is 1.81. The van der Waals surface area contributed by atoms with Gasteiger partial charge in [-0.1, -0.05) is 22.9 Å². The van der Waals surface area contributed by atoms with Crippen molar-refractivity contribution < 1.29 is 4.79 Å². The second kappa shape index (κ2) is 5.11. The first-order valence-electron chi connectivity index (χ1n) is 7.23. The Morgan fingerprint density at radius 2 is 2.35 bits per heavy atom. The molecule has 0 aromatic carbocycles. The van der Waals surface area contributed by atoms with Crippen molar-refractivity contribution in [2.24, 2.45) is 0 Å². The molecule has 5 heteroatoms. The summed E-state index contributed by atoms with van der Waals surface area (Å²) in [5, 5.41) is 3.55. The van der Waals surface area contributed by atoms with Crippen LogP contribution in [0.15, 0.2) is 16.7 Å². The fourth-order valence-electron chi connectivity index (χ4n) is 3.31. The minimum absolute atomic E-state index is 0.188. The highest BCUT2D eigenvalue weighted by molar-refractivity contribution is 9.10. The van der Waals surface area contributed by atoms with Crippen LogP contribution in [0.25, 0.3) is 0 Å². The van der Waals surface area contributed by atoms with Gasteiger partial charge in [-0.25, -0.2) is 0 Å². The Morgan fingerprint density at radius 3 is 2.95 bits per heavy atom. The van der Waals surface area contributed by atoms with Crippen LogP contribution in [0.5, 0.6) is 0 Å². The number of aryl methyl sites for hydroxylation is 1. The molecule has 4 nitrogen and oxygen atoms in total. The predicted octanol–water partition coefficient (Wildman–Crippen LogP) is 2.43. The quantitative estimate of drug-likeness (QED) is 0.901. The summed E-state index contributed by atoms with van der Waals surface area (Å²) in [4.78, 5) is 18.7. The molecule has 2 aliphatic heterocycles. The highest BCUT2D eigenvalue weighted by Gasteiger charge is 2.50. The molecule has 1 aromatic rings. The van der Waals surface area contributed by atoms with Crippen molar-refractivity contribution in [3.8, 4) is 0 Å². The Hall–Kier alpha value is -0.940. The van der Waals surface area contributed by atoms with Crippen LogP contribution in [-0.4, -0.2) is 34.9 Å². The van der Waals surface area contributed by atoms with Gasteiger partial charge in [-0.05, 0) is 37.3 Å². The number of pyridine rings is 1. The second-order valence-electron chi connectivity index (χ2n) is 5.85. The smallest absolute Gasteiger partial charge is 0.242 e. The number of carbonyl (C=O) groups excluding carboxylic acids is 1. The van der Waals surface area contributed by atoms with Gasteiger partial charge in [0.1, 0.15) is 5.54 Å². The lowest BCUT2D eigenvalue weighted by molar-refractivity contribution is -0.131. The minimum Gasteiger partial charge on any atom is -0.344 e. The zero-order valence-electron chi connectivity index (χ0n) is 11.9. The maximum absolute atomic E-state index is 12.3. The Morgan fingerprint density at radius 1 is 1.55 bits per heavy atom. The van der Waals surface area contributed by atoms with Gasteiger partial charge in [0.2, 0.25) is 5.91 Å².